The molecule has 2 aromatic rings. The van der Waals surface area contributed by atoms with Crippen molar-refractivity contribution < 1.29 is 22.7 Å². The zero-order valence-electron chi connectivity index (χ0n) is 14.4. The fourth-order valence-corrected chi connectivity index (χ4v) is 2.93. The van der Waals surface area contributed by atoms with Gasteiger partial charge in [0.15, 0.2) is 0 Å². The summed E-state index contributed by atoms with van der Waals surface area (Å²) in [5.74, 6) is -0.0824. The van der Waals surface area contributed by atoms with Crippen LogP contribution in [0.5, 0.6) is 5.75 Å². The lowest BCUT2D eigenvalue weighted by atomic mass is 9.96. The van der Waals surface area contributed by atoms with Crippen LogP contribution in [0.4, 0.5) is 24.5 Å². The average Bonchev–Trinajstić information content (AvgIpc) is 2.60. The monoisotopic (exact) mass is 364 g/mol. The summed E-state index contributed by atoms with van der Waals surface area (Å²) in [4.78, 5) is 14.3. The van der Waals surface area contributed by atoms with Crippen molar-refractivity contribution in [3.8, 4) is 5.75 Å². The van der Waals surface area contributed by atoms with E-state index in [0.29, 0.717) is 12.1 Å². The number of carbonyl (C=O) groups excluding carboxylic acids is 1. The molecule has 26 heavy (non-hydrogen) atoms. The number of halogens is 3. The molecule has 0 fully saturated rings. The smallest absolute Gasteiger partial charge is 0.416 e. The maximum atomic E-state index is 13.0. The highest BCUT2D eigenvalue weighted by atomic mass is 19.4. The third kappa shape index (κ3) is 3.76. The van der Waals surface area contributed by atoms with Crippen molar-refractivity contribution in [3.63, 3.8) is 0 Å². The van der Waals surface area contributed by atoms with Crippen LogP contribution >= 0.6 is 0 Å². The van der Waals surface area contributed by atoms with Crippen molar-refractivity contribution in [2.45, 2.75) is 12.6 Å². The van der Waals surface area contributed by atoms with Gasteiger partial charge in [0.05, 0.1) is 22.9 Å². The number of anilines is 2. The van der Waals surface area contributed by atoms with Gasteiger partial charge in [0.1, 0.15) is 12.4 Å². The van der Waals surface area contributed by atoms with E-state index in [2.05, 4.69) is 5.32 Å². The van der Waals surface area contributed by atoms with Crippen LogP contribution in [0.3, 0.4) is 0 Å². The lowest BCUT2D eigenvalue weighted by Gasteiger charge is -2.26. The Labute approximate surface area is 149 Å². The fourth-order valence-electron chi connectivity index (χ4n) is 2.93. The first kappa shape index (κ1) is 18.1. The molecule has 1 amide bonds. The first-order valence-corrected chi connectivity index (χ1v) is 8.16. The molecule has 138 valence electrons. The maximum absolute atomic E-state index is 13.0. The first-order valence-electron chi connectivity index (χ1n) is 8.16. The molecule has 0 spiro atoms. The molecule has 0 radical (unpaired) electrons. The molecule has 0 saturated carbocycles. The fraction of sp³-hybridized carbons (Fsp3) is 0.316. The van der Waals surface area contributed by atoms with Gasteiger partial charge in [-0.3, -0.25) is 4.79 Å². The van der Waals surface area contributed by atoms with Gasteiger partial charge in [-0.05, 0) is 36.2 Å². The van der Waals surface area contributed by atoms with Gasteiger partial charge in [0, 0.05) is 14.1 Å². The molecule has 0 saturated heterocycles. The second kappa shape index (κ2) is 6.90. The zero-order valence-corrected chi connectivity index (χ0v) is 14.4. The van der Waals surface area contributed by atoms with Crippen LogP contribution in [0.1, 0.15) is 11.1 Å². The number of para-hydroxylation sites is 1. The normalized spacial score (nSPS) is 16.4. The van der Waals surface area contributed by atoms with E-state index in [1.807, 2.05) is 24.3 Å². The molecule has 0 aromatic heterocycles. The van der Waals surface area contributed by atoms with Crippen molar-refractivity contribution in [1.29, 1.82) is 0 Å². The molecular weight excluding hydrogens is 345 g/mol. The molecule has 1 heterocycles. The summed E-state index contributed by atoms with van der Waals surface area (Å²) in [6.07, 6.45) is -3.99. The Morgan fingerprint density at radius 3 is 2.62 bits per heavy atom. The molecule has 7 heteroatoms. The number of nitrogens with one attached hydrogen (secondary N) is 1. The van der Waals surface area contributed by atoms with Crippen LogP contribution in [0.2, 0.25) is 0 Å². The molecule has 1 aliphatic heterocycles. The van der Waals surface area contributed by atoms with E-state index >= 15 is 0 Å². The topological polar surface area (TPSA) is 41.6 Å². The number of benzene rings is 2. The molecule has 4 nitrogen and oxygen atoms in total. The maximum Gasteiger partial charge on any atom is 0.416 e. The Kier molecular flexibility index (Phi) is 4.80. The molecule has 0 aliphatic carbocycles. The number of rotatable bonds is 3. The lowest BCUT2D eigenvalue weighted by molar-refractivity contribution is -0.137. The number of nitrogens with zero attached hydrogens (tertiary/aromatic N) is 1. The standard InChI is InChI=1S/C19H19F3N2O2/c1-24(2)16-8-7-14(19(20,21)22)10-15(16)23-18(25)13-9-12-5-3-4-6-17(12)26-11-13/h3-8,10,13H,9,11H2,1-2H3,(H,23,25). The molecule has 1 N–H and O–H groups in total. The van der Waals surface area contributed by atoms with E-state index in [1.165, 1.54) is 6.07 Å². The van der Waals surface area contributed by atoms with Gasteiger partial charge < -0.3 is 15.0 Å². The molecule has 1 atom stereocenters. The van der Waals surface area contributed by atoms with Gasteiger partial charge in [0.25, 0.3) is 0 Å². The van der Waals surface area contributed by atoms with Crippen molar-refractivity contribution in [1.82, 2.24) is 0 Å². The summed E-state index contributed by atoms with van der Waals surface area (Å²) >= 11 is 0. The number of carbonyl (C=O) groups is 1. The number of hydrogen-bond donors (Lipinski definition) is 1. The Morgan fingerprint density at radius 2 is 1.92 bits per heavy atom. The van der Waals surface area contributed by atoms with E-state index in [0.717, 1.165) is 23.4 Å². The SMILES string of the molecule is CN(C)c1ccc(C(F)(F)F)cc1NC(=O)C1COc2ccccc2C1. The van der Waals surface area contributed by atoms with Crippen LogP contribution in [0, 0.1) is 5.92 Å². The summed E-state index contributed by atoms with van der Waals surface area (Å²) in [7, 11) is 3.41. The van der Waals surface area contributed by atoms with Crippen LogP contribution in [0.25, 0.3) is 0 Å². The van der Waals surface area contributed by atoms with E-state index in [-0.39, 0.29) is 18.2 Å². The predicted molar refractivity (Wildman–Crippen MR) is 93.5 cm³/mol. The molecule has 0 bridgehead atoms. The third-order valence-electron chi connectivity index (χ3n) is 4.31. The summed E-state index contributed by atoms with van der Waals surface area (Å²) < 4.78 is 44.6. The van der Waals surface area contributed by atoms with E-state index in [1.54, 1.807) is 19.0 Å². The minimum Gasteiger partial charge on any atom is -0.492 e. The van der Waals surface area contributed by atoms with Crippen LogP contribution in [-0.2, 0) is 17.4 Å². The number of hydrogen-bond acceptors (Lipinski definition) is 3. The number of ether oxygens (including phenoxy) is 1. The largest absolute Gasteiger partial charge is 0.492 e. The molecule has 3 rings (SSSR count). The minimum atomic E-state index is -4.47. The van der Waals surface area contributed by atoms with Crippen molar-refractivity contribution in [2.75, 3.05) is 30.9 Å². The quantitative estimate of drug-likeness (QED) is 0.896. The molecule has 1 unspecified atom stereocenters. The Hall–Kier alpha value is -2.70. The van der Waals surface area contributed by atoms with Crippen LogP contribution in [-0.4, -0.2) is 26.6 Å². The number of fused-ring (bicyclic) bond motifs is 1. The molecule has 1 aliphatic rings. The highest BCUT2D eigenvalue weighted by Gasteiger charge is 2.32. The average molecular weight is 364 g/mol. The van der Waals surface area contributed by atoms with Gasteiger partial charge in [-0.1, -0.05) is 18.2 Å². The van der Waals surface area contributed by atoms with Crippen molar-refractivity contribution in [3.05, 3.63) is 53.6 Å². The van der Waals surface area contributed by atoms with Gasteiger partial charge in [0.2, 0.25) is 5.91 Å². The third-order valence-corrected chi connectivity index (χ3v) is 4.31. The van der Waals surface area contributed by atoms with Crippen molar-refractivity contribution >= 4 is 17.3 Å². The summed E-state index contributed by atoms with van der Waals surface area (Å²) in [6, 6.07) is 10.7. The van der Waals surface area contributed by atoms with Crippen LogP contribution < -0.4 is 15.0 Å². The molecule has 2 aromatic carbocycles. The van der Waals surface area contributed by atoms with E-state index < -0.39 is 17.7 Å². The first-order chi connectivity index (χ1) is 12.3. The highest BCUT2D eigenvalue weighted by molar-refractivity contribution is 5.96. The Bertz CT molecular complexity index is 819. The Balaban J connectivity index is 1.83. The second-order valence-corrected chi connectivity index (χ2v) is 6.43. The van der Waals surface area contributed by atoms with Gasteiger partial charge in [-0.2, -0.15) is 13.2 Å². The van der Waals surface area contributed by atoms with E-state index in [4.69, 9.17) is 4.74 Å². The number of alkyl halides is 3. The molecular formula is C19H19F3N2O2. The van der Waals surface area contributed by atoms with Gasteiger partial charge >= 0.3 is 6.18 Å². The van der Waals surface area contributed by atoms with Crippen LogP contribution in [0.15, 0.2) is 42.5 Å². The number of amides is 1. The van der Waals surface area contributed by atoms with Crippen molar-refractivity contribution in [2.24, 2.45) is 5.92 Å². The Morgan fingerprint density at radius 1 is 1.19 bits per heavy atom. The highest BCUT2D eigenvalue weighted by Crippen LogP contribution is 2.35. The summed E-state index contributed by atoms with van der Waals surface area (Å²) in [6.45, 7) is 0.194. The van der Waals surface area contributed by atoms with E-state index in [9.17, 15) is 18.0 Å². The zero-order chi connectivity index (χ0) is 18.9. The second-order valence-electron chi connectivity index (χ2n) is 6.43. The minimum absolute atomic E-state index is 0.133. The summed E-state index contributed by atoms with van der Waals surface area (Å²) in [5, 5.41) is 2.64. The lowest BCUT2D eigenvalue weighted by Crippen LogP contribution is -2.33. The van der Waals surface area contributed by atoms with Gasteiger partial charge in [-0.25, -0.2) is 0 Å². The summed E-state index contributed by atoms with van der Waals surface area (Å²) in [5.41, 5.74) is 0.747. The van der Waals surface area contributed by atoms with Gasteiger partial charge in [-0.15, -0.1) is 0 Å². The predicted octanol–water partition coefficient (Wildman–Crippen LogP) is 3.96.